The number of nitro groups is 1. The van der Waals surface area contributed by atoms with Crippen molar-refractivity contribution in [1.29, 1.82) is 0 Å². The summed E-state index contributed by atoms with van der Waals surface area (Å²) in [6, 6.07) is 13.4. The molecule has 1 aliphatic heterocycles. The van der Waals surface area contributed by atoms with Crippen molar-refractivity contribution in [3.05, 3.63) is 74.8 Å². The lowest BCUT2D eigenvalue weighted by molar-refractivity contribution is -0.384. The lowest BCUT2D eigenvalue weighted by atomic mass is 10.1. The zero-order valence-corrected chi connectivity index (χ0v) is 13.4. The molecule has 0 fully saturated rings. The van der Waals surface area contributed by atoms with E-state index in [0.717, 1.165) is 0 Å². The van der Waals surface area contributed by atoms with Gasteiger partial charge in [0.15, 0.2) is 0 Å². The van der Waals surface area contributed by atoms with Gasteiger partial charge in [-0.05, 0) is 36.8 Å². The largest absolute Gasteiger partial charge is 0.288 e. The number of hydrogen-bond acceptors (Lipinski definition) is 4. The summed E-state index contributed by atoms with van der Waals surface area (Å²) in [7, 11) is 0. The van der Waals surface area contributed by atoms with E-state index >= 15 is 0 Å². The third-order valence-corrected chi connectivity index (χ3v) is 3.86. The average molecular weight is 342 g/mol. The maximum atomic E-state index is 12.6. The van der Waals surface area contributed by atoms with Crippen LogP contribution in [0.5, 0.6) is 0 Å². The van der Waals surface area contributed by atoms with E-state index < -0.39 is 4.92 Å². The first-order chi connectivity index (χ1) is 11.5. The Balaban J connectivity index is 1.97. The van der Waals surface area contributed by atoms with Crippen LogP contribution in [0.3, 0.4) is 0 Å². The Morgan fingerprint density at radius 3 is 2.58 bits per heavy atom. The number of anilines is 1. The average Bonchev–Trinajstić information content (AvgIpc) is 2.85. The van der Waals surface area contributed by atoms with E-state index in [4.69, 9.17) is 11.6 Å². The Morgan fingerprint density at radius 1 is 1.21 bits per heavy atom. The van der Waals surface area contributed by atoms with Crippen molar-refractivity contribution in [1.82, 2.24) is 0 Å². The molecule has 0 aliphatic carbocycles. The van der Waals surface area contributed by atoms with Crippen molar-refractivity contribution in [3.8, 4) is 0 Å². The van der Waals surface area contributed by atoms with Gasteiger partial charge in [-0.3, -0.25) is 14.9 Å². The molecule has 0 aromatic heterocycles. The molecule has 1 amide bonds. The first-order valence-electron chi connectivity index (χ1n) is 7.08. The molecule has 120 valence electrons. The number of hydrazone groups is 1. The van der Waals surface area contributed by atoms with Crippen LogP contribution in [0.4, 0.5) is 11.4 Å². The van der Waals surface area contributed by atoms with Crippen LogP contribution < -0.4 is 5.01 Å². The summed E-state index contributed by atoms with van der Waals surface area (Å²) in [4.78, 5) is 23.0. The highest BCUT2D eigenvalue weighted by Crippen LogP contribution is 2.28. The molecule has 1 aliphatic rings. The Bertz CT molecular complexity index is 891. The minimum atomic E-state index is -0.558. The second-order valence-corrected chi connectivity index (χ2v) is 5.57. The first kappa shape index (κ1) is 15.9. The smallest absolute Gasteiger partial charge is 0.267 e. The topological polar surface area (TPSA) is 75.8 Å². The van der Waals surface area contributed by atoms with Gasteiger partial charge in [-0.2, -0.15) is 10.1 Å². The number of carbonyl (C=O) groups is 1. The van der Waals surface area contributed by atoms with Crippen LogP contribution in [0, 0.1) is 10.1 Å². The van der Waals surface area contributed by atoms with E-state index in [2.05, 4.69) is 5.10 Å². The van der Waals surface area contributed by atoms with Gasteiger partial charge in [-0.1, -0.05) is 35.9 Å². The first-order valence-corrected chi connectivity index (χ1v) is 7.46. The molecule has 24 heavy (non-hydrogen) atoms. The number of para-hydroxylation sites is 1. The van der Waals surface area contributed by atoms with E-state index in [1.54, 1.807) is 31.2 Å². The molecule has 3 rings (SSSR count). The Hall–Kier alpha value is -2.99. The normalized spacial score (nSPS) is 15.8. The van der Waals surface area contributed by atoms with Crippen molar-refractivity contribution in [2.24, 2.45) is 5.10 Å². The molecule has 0 atom stereocenters. The van der Waals surface area contributed by atoms with Crippen LogP contribution >= 0.6 is 11.6 Å². The van der Waals surface area contributed by atoms with Crippen LogP contribution in [0.15, 0.2) is 59.2 Å². The molecule has 6 nitrogen and oxygen atoms in total. The quantitative estimate of drug-likeness (QED) is 0.480. The van der Waals surface area contributed by atoms with Gasteiger partial charge in [0.05, 0.1) is 21.9 Å². The molecular weight excluding hydrogens is 330 g/mol. The summed E-state index contributed by atoms with van der Waals surface area (Å²) in [6.07, 6.45) is 1.58. The van der Waals surface area contributed by atoms with Crippen molar-refractivity contribution >= 4 is 40.7 Å². The minimum Gasteiger partial charge on any atom is -0.267 e. The molecule has 0 radical (unpaired) electrons. The number of halogens is 1. The van der Waals surface area contributed by atoms with Gasteiger partial charge >= 0.3 is 0 Å². The van der Waals surface area contributed by atoms with Gasteiger partial charge in [0.1, 0.15) is 5.02 Å². The number of nitro benzene ring substituents is 1. The third-order valence-electron chi connectivity index (χ3n) is 3.54. The van der Waals surface area contributed by atoms with Crippen LogP contribution in [0.1, 0.15) is 12.5 Å². The second-order valence-electron chi connectivity index (χ2n) is 5.16. The zero-order chi connectivity index (χ0) is 17.3. The van der Waals surface area contributed by atoms with Gasteiger partial charge in [0, 0.05) is 6.07 Å². The van der Waals surface area contributed by atoms with Crippen LogP contribution in [0.25, 0.3) is 6.08 Å². The number of amides is 1. The highest BCUT2D eigenvalue weighted by Gasteiger charge is 2.28. The number of carbonyl (C=O) groups excluding carboxylic acids is 1. The summed E-state index contributed by atoms with van der Waals surface area (Å²) in [5, 5.41) is 16.6. The van der Waals surface area contributed by atoms with Crippen LogP contribution in [-0.4, -0.2) is 16.5 Å². The SMILES string of the molecule is CC1=NN(c2ccccc2)C(=O)C1=Cc1ccc(Cl)c([N+](=O)[O-])c1. The minimum absolute atomic E-state index is 0.0520. The number of nitrogens with zero attached hydrogens (tertiary/aromatic N) is 3. The Labute approximate surface area is 142 Å². The highest BCUT2D eigenvalue weighted by atomic mass is 35.5. The summed E-state index contributed by atoms with van der Waals surface area (Å²) in [6.45, 7) is 1.72. The van der Waals surface area contributed by atoms with Gasteiger partial charge in [0.25, 0.3) is 11.6 Å². The summed E-state index contributed by atoms with van der Waals surface area (Å²) in [5.74, 6) is -0.281. The monoisotopic (exact) mass is 341 g/mol. The van der Waals surface area contributed by atoms with Gasteiger partial charge < -0.3 is 0 Å². The molecule has 7 heteroatoms. The second kappa shape index (κ2) is 6.25. The molecule has 1 heterocycles. The maximum Gasteiger partial charge on any atom is 0.288 e. The predicted octanol–water partition coefficient (Wildman–Crippen LogP) is 4.05. The summed E-state index contributed by atoms with van der Waals surface area (Å²) < 4.78 is 0. The molecule has 0 bridgehead atoms. The molecule has 0 N–H and O–H groups in total. The van der Waals surface area contributed by atoms with Crippen molar-refractivity contribution in [2.75, 3.05) is 5.01 Å². The standard InChI is InChI=1S/C17H12ClN3O3/c1-11-14(9-12-7-8-15(18)16(10-12)21(23)24)17(22)20(19-11)13-5-3-2-4-6-13/h2-10H,1H3. The fourth-order valence-electron chi connectivity index (χ4n) is 2.35. The molecule has 2 aromatic carbocycles. The van der Waals surface area contributed by atoms with Crippen molar-refractivity contribution in [3.63, 3.8) is 0 Å². The lowest BCUT2D eigenvalue weighted by Gasteiger charge is -2.11. The molecule has 0 unspecified atom stereocenters. The molecule has 0 saturated heterocycles. The molecule has 0 saturated carbocycles. The van der Waals surface area contributed by atoms with E-state index in [-0.39, 0.29) is 16.6 Å². The van der Waals surface area contributed by atoms with E-state index in [1.165, 1.54) is 17.1 Å². The van der Waals surface area contributed by atoms with E-state index in [0.29, 0.717) is 22.5 Å². The van der Waals surface area contributed by atoms with Gasteiger partial charge in [0.2, 0.25) is 0 Å². The van der Waals surface area contributed by atoms with Crippen LogP contribution in [0.2, 0.25) is 5.02 Å². The van der Waals surface area contributed by atoms with Crippen molar-refractivity contribution in [2.45, 2.75) is 6.92 Å². The molecular formula is C17H12ClN3O3. The fourth-order valence-corrected chi connectivity index (χ4v) is 2.54. The highest BCUT2D eigenvalue weighted by molar-refractivity contribution is 6.33. The Morgan fingerprint density at radius 2 is 1.92 bits per heavy atom. The molecule has 0 spiro atoms. The fraction of sp³-hybridized carbons (Fsp3) is 0.0588. The van der Waals surface area contributed by atoms with Crippen LogP contribution in [-0.2, 0) is 4.79 Å². The number of rotatable bonds is 3. The lowest BCUT2D eigenvalue weighted by Crippen LogP contribution is -2.21. The number of hydrogen-bond donors (Lipinski definition) is 0. The van der Waals surface area contributed by atoms with E-state index in [9.17, 15) is 14.9 Å². The molecule has 2 aromatic rings. The predicted molar refractivity (Wildman–Crippen MR) is 93.1 cm³/mol. The summed E-state index contributed by atoms with van der Waals surface area (Å²) in [5.41, 5.74) is 1.90. The van der Waals surface area contributed by atoms with Crippen molar-refractivity contribution < 1.29 is 9.72 Å². The van der Waals surface area contributed by atoms with Gasteiger partial charge in [-0.15, -0.1) is 0 Å². The number of benzene rings is 2. The van der Waals surface area contributed by atoms with E-state index in [1.807, 2.05) is 18.2 Å². The van der Waals surface area contributed by atoms with Gasteiger partial charge in [-0.25, -0.2) is 0 Å². The Kier molecular flexibility index (Phi) is 4.14. The zero-order valence-electron chi connectivity index (χ0n) is 12.6. The summed E-state index contributed by atoms with van der Waals surface area (Å²) >= 11 is 5.81. The maximum absolute atomic E-state index is 12.6. The third kappa shape index (κ3) is 2.91.